The number of benzene rings is 3. The predicted octanol–water partition coefficient (Wildman–Crippen LogP) is 6.99. The van der Waals surface area contributed by atoms with Crippen LogP contribution in [-0.2, 0) is 11.2 Å². The number of hydrogen-bond donors (Lipinski definition) is 0. The van der Waals surface area contributed by atoms with E-state index < -0.39 is 11.6 Å². The first-order valence-corrected chi connectivity index (χ1v) is 11.7. The van der Waals surface area contributed by atoms with Crippen LogP contribution < -0.4 is 4.90 Å². The number of carbonyl (C=O) groups is 1. The lowest BCUT2D eigenvalue weighted by Crippen LogP contribution is -2.33. The van der Waals surface area contributed by atoms with Gasteiger partial charge in [-0.05, 0) is 35.6 Å². The SMILES string of the molecule is CC[C@H](Cc1ccccc1)C(=O)N(C)c1nc(-c2c(F)cc(F)cc2-c2ccccc2)cs1. The molecule has 0 saturated carbocycles. The molecule has 0 radical (unpaired) electrons. The molecule has 0 fully saturated rings. The van der Waals surface area contributed by atoms with E-state index in [1.165, 1.54) is 22.3 Å². The van der Waals surface area contributed by atoms with Gasteiger partial charge in [0.2, 0.25) is 5.91 Å². The van der Waals surface area contributed by atoms with Crippen molar-refractivity contribution < 1.29 is 13.6 Å². The van der Waals surface area contributed by atoms with Crippen LogP contribution in [-0.4, -0.2) is 17.9 Å². The molecule has 0 spiro atoms. The Kier molecular flexibility index (Phi) is 6.94. The Balaban J connectivity index is 1.64. The van der Waals surface area contributed by atoms with Crippen molar-refractivity contribution in [2.45, 2.75) is 19.8 Å². The van der Waals surface area contributed by atoms with Crippen LogP contribution in [0.5, 0.6) is 0 Å². The summed E-state index contributed by atoms with van der Waals surface area (Å²) in [6, 6.07) is 21.2. The number of amides is 1. The standard InChI is InChI=1S/C27H24F2N2OS/c1-3-19(14-18-10-6-4-7-11-18)26(32)31(2)27-30-24(17-33-27)25-22(15-21(28)16-23(25)29)20-12-8-5-9-13-20/h4-13,15-17,19H,3,14H2,1-2H3/t19-/m1/s1. The van der Waals surface area contributed by atoms with Crippen LogP contribution in [0, 0.1) is 17.6 Å². The molecule has 0 saturated heterocycles. The van der Waals surface area contributed by atoms with E-state index in [-0.39, 0.29) is 17.4 Å². The third-order valence-corrected chi connectivity index (χ3v) is 6.59. The molecule has 4 rings (SSSR count). The van der Waals surface area contributed by atoms with Gasteiger partial charge in [-0.25, -0.2) is 13.8 Å². The second-order valence-corrected chi connectivity index (χ2v) is 8.72. The maximum atomic E-state index is 14.9. The zero-order chi connectivity index (χ0) is 23.4. The molecule has 1 atom stereocenters. The molecule has 6 heteroatoms. The molecule has 1 heterocycles. The van der Waals surface area contributed by atoms with E-state index in [1.807, 2.05) is 55.5 Å². The Bertz CT molecular complexity index is 1240. The Morgan fingerprint density at radius 2 is 1.70 bits per heavy atom. The van der Waals surface area contributed by atoms with Crippen molar-refractivity contribution in [3.8, 4) is 22.4 Å². The average Bonchev–Trinajstić information content (AvgIpc) is 3.32. The number of halogens is 2. The van der Waals surface area contributed by atoms with Gasteiger partial charge < -0.3 is 0 Å². The Hall–Kier alpha value is -3.38. The molecule has 1 amide bonds. The summed E-state index contributed by atoms with van der Waals surface area (Å²) in [5.74, 6) is -1.56. The molecule has 0 unspecified atom stereocenters. The fourth-order valence-electron chi connectivity index (χ4n) is 3.89. The number of carbonyl (C=O) groups excluding carboxylic acids is 1. The summed E-state index contributed by atoms with van der Waals surface area (Å²) in [7, 11) is 1.69. The van der Waals surface area contributed by atoms with Gasteiger partial charge in [0, 0.05) is 30.0 Å². The topological polar surface area (TPSA) is 33.2 Å². The second kappa shape index (κ2) is 10.0. The molecule has 1 aromatic heterocycles. The van der Waals surface area contributed by atoms with Gasteiger partial charge in [-0.2, -0.15) is 0 Å². The summed E-state index contributed by atoms with van der Waals surface area (Å²) < 4.78 is 29.0. The molecular weight excluding hydrogens is 438 g/mol. The van der Waals surface area contributed by atoms with Gasteiger partial charge in [0.25, 0.3) is 0 Å². The molecule has 3 nitrogen and oxygen atoms in total. The molecule has 4 aromatic rings. The van der Waals surface area contributed by atoms with E-state index in [9.17, 15) is 13.6 Å². The minimum absolute atomic E-state index is 0.0369. The lowest BCUT2D eigenvalue weighted by Gasteiger charge is -2.21. The third-order valence-electron chi connectivity index (χ3n) is 5.67. The average molecular weight is 463 g/mol. The third kappa shape index (κ3) is 5.01. The second-order valence-electron chi connectivity index (χ2n) is 7.88. The highest BCUT2D eigenvalue weighted by atomic mass is 32.1. The highest BCUT2D eigenvalue weighted by Crippen LogP contribution is 2.37. The van der Waals surface area contributed by atoms with E-state index in [1.54, 1.807) is 24.6 Å². The Labute approximate surface area is 196 Å². The fraction of sp³-hybridized carbons (Fsp3) is 0.185. The number of aromatic nitrogens is 1. The maximum absolute atomic E-state index is 14.9. The summed E-state index contributed by atoms with van der Waals surface area (Å²) >= 11 is 1.27. The molecule has 0 N–H and O–H groups in total. The molecule has 0 aliphatic rings. The van der Waals surface area contributed by atoms with Crippen LogP contribution in [0.25, 0.3) is 22.4 Å². The smallest absolute Gasteiger partial charge is 0.231 e. The molecule has 33 heavy (non-hydrogen) atoms. The van der Waals surface area contributed by atoms with Crippen molar-refractivity contribution in [1.82, 2.24) is 4.98 Å². The van der Waals surface area contributed by atoms with Gasteiger partial charge in [-0.1, -0.05) is 67.6 Å². The zero-order valence-corrected chi connectivity index (χ0v) is 19.3. The molecule has 0 aliphatic carbocycles. The first-order chi connectivity index (χ1) is 16.0. The number of anilines is 1. The lowest BCUT2D eigenvalue weighted by molar-refractivity contribution is -0.122. The molecule has 0 aliphatic heterocycles. The van der Waals surface area contributed by atoms with Crippen LogP contribution in [0.3, 0.4) is 0 Å². The first kappa shape index (κ1) is 22.8. The fourth-order valence-corrected chi connectivity index (χ4v) is 4.67. The summed E-state index contributed by atoms with van der Waals surface area (Å²) in [6.45, 7) is 1.99. The largest absolute Gasteiger partial charge is 0.291 e. The Morgan fingerprint density at radius 3 is 2.36 bits per heavy atom. The van der Waals surface area contributed by atoms with Crippen LogP contribution >= 0.6 is 11.3 Å². The summed E-state index contributed by atoms with van der Waals surface area (Å²) in [4.78, 5) is 19.3. The van der Waals surface area contributed by atoms with Crippen molar-refractivity contribution >= 4 is 22.4 Å². The monoisotopic (exact) mass is 462 g/mol. The van der Waals surface area contributed by atoms with Crippen LogP contribution in [0.2, 0.25) is 0 Å². The number of thiazole rings is 1. The van der Waals surface area contributed by atoms with E-state index in [0.717, 1.165) is 11.6 Å². The van der Waals surface area contributed by atoms with Gasteiger partial charge in [0.1, 0.15) is 11.6 Å². The van der Waals surface area contributed by atoms with Gasteiger partial charge in [0.05, 0.1) is 5.69 Å². The van der Waals surface area contributed by atoms with E-state index in [4.69, 9.17) is 0 Å². The quantitative estimate of drug-likeness (QED) is 0.297. The highest BCUT2D eigenvalue weighted by Gasteiger charge is 2.25. The molecule has 0 bridgehead atoms. The van der Waals surface area contributed by atoms with Gasteiger partial charge >= 0.3 is 0 Å². The molecular formula is C27H24F2N2OS. The van der Waals surface area contributed by atoms with Gasteiger partial charge in [0.15, 0.2) is 5.13 Å². The first-order valence-electron chi connectivity index (χ1n) is 10.8. The number of hydrogen-bond acceptors (Lipinski definition) is 3. The van der Waals surface area contributed by atoms with Gasteiger partial charge in [-0.3, -0.25) is 9.69 Å². The maximum Gasteiger partial charge on any atom is 0.231 e. The number of nitrogens with zero attached hydrogens (tertiary/aromatic N) is 2. The van der Waals surface area contributed by atoms with Crippen molar-refractivity contribution in [2.24, 2.45) is 5.92 Å². The van der Waals surface area contributed by atoms with Crippen molar-refractivity contribution in [1.29, 1.82) is 0 Å². The van der Waals surface area contributed by atoms with Crippen LogP contribution in [0.15, 0.2) is 78.2 Å². The Morgan fingerprint density at radius 1 is 1.03 bits per heavy atom. The van der Waals surface area contributed by atoms with E-state index in [2.05, 4.69) is 4.98 Å². The van der Waals surface area contributed by atoms with Crippen molar-refractivity contribution in [3.63, 3.8) is 0 Å². The van der Waals surface area contributed by atoms with E-state index in [0.29, 0.717) is 34.8 Å². The highest BCUT2D eigenvalue weighted by molar-refractivity contribution is 7.14. The summed E-state index contributed by atoms with van der Waals surface area (Å²) in [6.07, 6.45) is 1.34. The molecule has 3 aromatic carbocycles. The zero-order valence-electron chi connectivity index (χ0n) is 18.5. The summed E-state index contributed by atoms with van der Waals surface area (Å²) in [5, 5.41) is 2.18. The summed E-state index contributed by atoms with van der Waals surface area (Å²) in [5.41, 5.74) is 2.82. The van der Waals surface area contributed by atoms with Crippen molar-refractivity contribution in [3.05, 3.63) is 95.4 Å². The lowest BCUT2D eigenvalue weighted by atomic mass is 9.96. The normalized spacial score (nSPS) is 11.9. The molecule has 168 valence electrons. The van der Waals surface area contributed by atoms with Crippen molar-refractivity contribution in [2.75, 3.05) is 11.9 Å². The minimum atomic E-state index is -0.685. The van der Waals surface area contributed by atoms with Gasteiger partial charge in [-0.15, -0.1) is 11.3 Å². The number of rotatable bonds is 7. The minimum Gasteiger partial charge on any atom is -0.291 e. The predicted molar refractivity (Wildman–Crippen MR) is 130 cm³/mol. The van der Waals surface area contributed by atoms with Crippen LogP contribution in [0.4, 0.5) is 13.9 Å². The van der Waals surface area contributed by atoms with Crippen LogP contribution in [0.1, 0.15) is 18.9 Å². The van der Waals surface area contributed by atoms with E-state index >= 15 is 0 Å².